The molecular formula is C18H21NO2. The van der Waals surface area contributed by atoms with E-state index in [0.717, 1.165) is 36.5 Å². The maximum atomic E-state index is 6.24. The first kappa shape index (κ1) is 14.0. The fourth-order valence-corrected chi connectivity index (χ4v) is 2.93. The highest BCUT2D eigenvalue weighted by Crippen LogP contribution is 2.27. The number of ether oxygens (including phenoxy) is 2. The lowest BCUT2D eigenvalue weighted by atomic mass is 9.95. The van der Waals surface area contributed by atoms with Gasteiger partial charge in [-0.3, -0.25) is 0 Å². The molecule has 1 atom stereocenters. The van der Waals surface area contributed by atoms with E-state index in [4.69, 9.17) is 9.47 Å². The second-order valence-corrected chi connectivity index (χ2v) is 5.25. The van der Waals surface area contributed by atoms with E-state index in [1.807, 2.05) is 19.2 Å². The van der Waals surface area contributed by atoms with Crippen molar-refractivity contribution in [3.63, 3.8) is 0 Å². The monoisotopic (exact) mass is 283 g/mol. The van der Waals surface area contributed by atoms with Crippen LogP contribution in [0, 0.1) is 0 Å². The normalized spacial score (nSPS) is 19.5. The minimum Gasteiger partial charge on any atom is -0.496 e. The summed E-state index contributed by atoms with van der Waals surface area (Å²) in [5.74, 6) is 1.97. The molecule has 3 nitrogen and oxygen atoms in total. The number of hydrogen-bond donors (Lipinski definition) is 1. The average Bonchev–Trinajstić information content (AvgIpc) is 2.54. The molecule has 0 spiro atoms. The van der Waals surface area contributed by atoms with Crippen LogP contribution in [0.25, 0.3) is 11.3 Å². The number of rotatable bonds is 5. The molecule has 0 amide bonds. The van der Waals surface area contributed by atoms with Gasteiger partial charge < -0.3 is 14.8 Å². The van der Waals surface area contributed by atoms with Crippen molar-refractivity contribution in [2.24, 2.45) is 0 Å². The van der Waals surface area contributed by atoms with Crippen LogP contribution < -0.4 is 15.8 Å². The van der Waals surface area contributed by atoms with Crippen molar-refractivity contribution in [2.75, 3.05) is 20.7 Å². The first-order valence-electron chi connectivity index (χ1n) is 7.41. The molecule has 1 N–H and O–H groups in total. The Labute approximate surface area is 125 Å². The Kier molecular flexibility index (Phi) is 4.11. The van der Waals surface area contributed by atoms with E-state index < -0.39 is 0 Å². The van der Waals surface area contributed by atoms with E-state index in [-0.39, 0.29) is 6.10 Å². The topological polar surface area (TPSA) is 30.5 Å². The number of hydrogen-bond acceptors (Lipinski definition) is 3. The predicted octanol–water partition coefficient (Wildman–Crippen LogP) is 1.44. The number of allylic oxidation sites excluding steroid dienone is 2. The summed E-state index contributed by atoms with van der Waals surface area (Å²) < 4.78 is 11.8. The molecule has 0 bridgehead atoms. The van der Waals surface area contributed by atoms with Crippen LogP contribution in [0.15, 0.2) is 48.3 Å². The van der Waals surface area contributed by atoms with Gasteiger partial charge in [-0.1, -0.05) is 30.3 Å². The fraction of sp³-hybridized carbons (Fsp3) is 0.333. The zero-order valence-electron chi connectivity index (χ0n) is 12.6. The molecule has 1 aromatic rings. The van der Waals surface area contributed by atoms with Crippen LogP contribution in [0.2, 0.25) is 0 Å². The van der Waals surface area contributed by atoms with Crippen molar-refractivity contribution in [3.8, 4) is 0 Å². The smallest absolute Gasteiger partial charge is 0.146 e. The SMILES string of the molecule is CNCCCC1=c2ccccc2=C2C(OC)=CC=CC2O1. The van der Waals surface area contributed by atoms with Crippen LogP contribution >= 0.6 is 0 Å². The Morgan fingerprint density at radius 3 is 2.81 bits per heavy atom. The van der Waals surface area contributed by atoms with Crippen LogP contribution in [-0.2, 0) is 9.47 Å². The molecule has 1 aliphatic carbocycles. The van der Waals surface area contributed by atoms with Crippen molar-refractivity contribution in [1.82, 2.24) is 5.32 Å². The second-order valence-electron chi connectivity index (χ2n) is 5.25. The van der Waals surface area contributed by atoms with Gasteiger partial charge >= 0.3 is 0 Å². The highest BCUT2D eigenvalue weighted by molar-refractivity contribution is 5.72. The minimum atomic E-state index is -0.0376. The lowest BCUT2D eigenvalue weighted by Crippen LogP contribution is -2.39. The molecule has 0 saturated carbocycles. The maximum absolute atomic E-state index is 6.24. The molecule has 1 aromatic carbocycles. The van der Waals surface area contributed by atoms with E-state index >= 15 is 0 Å². The third-order valence-corrected chi connectivity index (χ3v) is 3.92. The van der Waals surface area contributed by atoms with Gasteiger partial charge in [-0.05, 0) is 37.4 Å². The van der Waals surface area contributed by atoms with Crippen molar-refractivity contribution >= 4 is 11.3 Å². The number of fused-ring (bicyclic) bond motifs is 2. The van der Waals surface area contributed by atoms with Crippen molar-refractivity contribution in [2.45, 2.75) is 18.9 Å². The summed E-state index contributed by atoms with van der Waals surface area (Å²) >= 11 is 0. The van der Waals surface area contributed by atoms with Gasteiger partial charge in [0.05, 0.1) is 7.11 Å². The summed E-state index contributed by atoms with van der Waals surface area (Å²) in [6.45, 7) is 0.995. The number of methoxy groups -OCH3 is 1. The first-order chi connectivity index (χ1) is 10.3. The molecule has 0 radical (unpaired) electrons. The summed E-state index contributed by atoms with van der Waals surface area (Å²) in [5, 5.41) is 5.61. The first-order valence-corrected chi connectivity index (χ1v) is 7.41. The molecule has 1 aliphatic heterocycles. The predicted molar refractivity (Wildman–Crippen MR) is 84.8 cm³/mol. The van der Waals surface area contributed by atoms with Crippen LogP contribution in [-0.4, -0.2) is 26.8 Å². The summed E-state index contributed by atoms with van der Waals surface area (Å²) in [7, 11) is 3.69. The van der Waals surface area contributed by atoms with Gasteiger partial charge in [0.1, 0.15) is 17.6 Å². The van der Waals surface area contributed by atoms with Gasteiger partial charge in [-0.15, -0.1) is 0 Å². The van der Waals surface area contributed by atoms with Crippen LogP contribution in [0.4, 0.5) is 0 Å². The number of nitrogens with one attached hydrogen (secondary N) is 1. The van der Waals surface area contributed by atoms with E-state index in [9.17, 15) is 0 Å². The van der Waals surface area contributed by atoms with E-state index in [0.29, 0.717) is 0 Å². The zero-order valence-corrected chi connectivity index (χ0v) is 12.6. The van der Waals surface area contributed by atoms with Gasteiger partial charge in [0, 0.05) is 17.2 Å². The van der Waals surface area contributed by atoms with Gasteiger partial charge in [0.15, 0.2) is 0 Å². The molecule has 2 aliphatic rings. The number of benzene rings is 1. The molecule has 3 heteroatoms. The Bertz CT molecular complexity index is 700. The Hall–Kier alpha value is -2.00. The molecule has 0 saturated heterocycles. The fourth-order valence-electron chi connectivity index (χ4n) is 2.93. The van der Waals surface area contributed by atoms with Gasteiger partial charge in [-0.2, -0.15) is 0 Å². The molecule has 3 rings (SSSR count). The average molecular weight is 283 g/mol. The third kappa shape index (κ3) is 2.61. The molecule has 1 heterocycles. The summed E-state index contributed by atoms with van der Waals surface area (Å²) in [5.41, 5.74) is 1.13. The van der Waals surface area contributed by atoms with E-state index in [1.54, 1.807) is 7.11 Å². The quantitative estimate of drug-likeness (QED) is 0.830. The minimum absolute atomic E-state index is 0.0376. The second kappa shape index (κ2) is 6.19. The Morgan fingerprint density at radius 1 is 1.24 bits per heavy atom. The van der Waals surface area contributed by atoms with Gasteiger partial charge in [0.25, 0.3) is 0 Å². The lowest BCUT2D eigenvalue weighted by Gasteiger charge is -2.28. The Morgan fingerprint density at radius 2 is 2.05 bits per heavy atom. The third-order valence-electron chi connectivity index (χ3n) is 3.92. The highest BCUT2D eigenvalue weighted by atomic mass is 16.5. The molecule has 0 aromatic heterocycles. The van der Waals surface area contributed by atoms with Crippen molar-refractivity contribution in [3.05, 3.63) is 58.7 Å². The Balaban J connectivity index is 2.14. The van der Waals surface area contributed by atoms with Gasteiger partial charge in [-0.25, -0.2) is 0 Å². The standard InChI is InChI=1S/C18H21NO2/c1-19-12-6-11-15-13-7-3-4-8-14(13)18-16(20-2)9-5-10-17(18)21-15/h3-5,7-10,17,19H,6,11-12H2,1-2H3. The summed E-state index contributed by atoms with van der Waals surface area (Å²) in [6, 6.07) is 8.43. The lowest BCUT2D eigenvalue weighted by molar-refractivity contribution is 0.225. The van der Waals surface area contributed by atoms with Crippen molar-refractivity contribution < 1.29 is 9.47 Å². The molecule has 0 fully saturated rings. The summed E-state index contributed by atoms with van der Waals surface area (Å²) in [4.78, 5) is 0. The largest absolute Gasteiger partial charge is 0.496 e. The zero-order chi connectivity index (χ0) is 14.7. The molecule has 21 heavy (non-hydrogen) atoms. The van der Waals surface area contributed by atoms with E-state index in [2.05, 4.69) is 35.7 Å². The molecular weight excluding hydrogens is 262 g/mol. The van der Waals surface area contributed by atoms with Crippen LogP contribution in [0.3, 0.4) is 0 Å². The molecule has 1 unspecified atom stereocenters. The molecule has 110 valence electrons. The van der Waals surface area contributed by atoms with Gasteiger partial charge in [0.2, 0.25) is 0 Å². The van der Waals surface area contributed by atoms with Crippen LogP contribution in [0.1, 0.15) is 12.8 Å². The summed E-state index contributed by atoms with van der Waals surface area (Å²) in [6.07, 6.45) is 8.07. The maximum Gasteiger partial charge on any atom is 0.146 e. The van der Waals surface area contributed by atoms with Crippen molar-refractivity contribution in [1.29, 1.82) is 0 Å². The van der Waals surface area contributed by atoms with Crippen LogP contribution in [0.5, 0.6) is 0 Å². The van der Waals surface area contributed by atoms with E-state index in [1.165, 1.54) is 10.4 Å². The highest BCUT2D eigenvalue weighted by Gasteiger charge is 2.26.